The van der Waals surface area contributed by atoms with E-state index in [4.69, 9.17) is 32.2 Å². The molecule has 2 amide bonds. The van der Waals surface area contributed by atoms with Gasteiger partial charge in [0, 0.05) is 24.7 Å². The molecule has 0 radical (unpaired) electrons. The molecule has 2 heterocycles. The van der Waals surface area contributed by atoms with Crippen molar-refractivity contribution >= 4 is 23.4 Å². The zero-order chi connectivity index (χ0) is 23.4. The van der Waals surface area contributed by atoms with E-state index in [9.17, 15) is 9.59 Å². The Morgan fingerprint density at radius 2 is 2.00 bits per heavy atom. The van der Waals surface area contributed by atoms with Crippen LogP contribution in [0.25, 0.3) is 0 Å². The summed E-state index contributed by atoms with van der Waals surface area (Å²) in [5.41, 5.74) is 6.86. The second-order valence-electron chi connectivity index (χ2n) is 8.46. The number of carbonyl (C=O) groups excluding carboxylic acids is 2. The number of rotatable bonds is 6. The summed E-state index contributed by atoms with van der Waals surface area (Å²) in [5.74, 6) is 0.150. The molecule has 8 nitrogen and oxygen atoms in total. The zero-order valence-electron chi connectivity index (χ0n) is 18.1. The van der Waals surface area contributed by atoms with Crippen molar-refractivity contribution in [3.63, 3.8) is 0 Å². The summed E-state index contributed by atoms with van der Waals surface area (Å²) in [4.78, 5) is 34.4. The number of primary amides is 1. The van der Waals surface area contributed by atoms with Gasteiger partial charge in [0.1, 0.15) is 11.8 Å². The van der Waals surface area contributed by atoms with Crippen molar-refractivity contribution in [2.24, 2.45) is 17.6 Å². The highest BCUT2D eigenvalue weighted by atomic mass is 35.5. The molecule has 1 aromatic heterocycles. The Hall–Kier alpha value is -3.15. The normalized spacial score (nSPS) is 22.5. The van der Waals surface area contributed by atoms with Gasteiger partial charge in [0.25, 0.3) is 0 Å². The van der Waals surface area contributed by atoms with Crippen molar-refractivity contribution in [3.8, 4) is 11.8 Å². The number of amides is 2. The largest absolute Gasteiger partial charge is 0.493 e. The van der Waals surface area contributed by atoms with E-state index in [0.717, 1.165) is 31.2 Å². The van der Waals surface area contributed by atoms with Crippen LogP contribution in [0.15, 0.2) is 36.7 Å². The van der Waals surface area contributed by atoms with Crippen LogP contribution in [0.2, 0.25) is 5.02 Å². The van der Waals surface area contributed by atoms with Gasteiger partial charge >= 0.3 is 0 Å². The third-order valence-corrected chi connectivity index (χ3v) is 6.61. The van der Waals surface area contributed by atoms with E-state index in [1.54, 1.807) is 30.5 Å². The summed E-state index contributed by atoms with van der Waals surface area (Å²) in [7, 11) is 0. The maximum absolute atomic E-state index is 13.2. The first-order valence-corrected chi connectivity index (χ1v) is 11.4. The number of hydroxylamine groups is 2. The van der Waals surface area contributed by atoms with Gasteiger partial charge in [-0.25, -0.2) is 5.06 Å². The molecule has 0 unspecified atom stereocenters. The monoisotopic (exact) mass is 468 g/mol. The molecule has 1 aliphatic carbocycles. The van der Waals surface area contributed by atoms with Crippen molar-refractivity contribution < 1.29 is 19.2 Å². The molecule has 2 N–H and O–H groups in total. The van der Waals surface area contributed by atoms with Gasteiger partial charge in [-0.3, -0.25) is 19.4 Å². The maximum atomic E-state index is 13.2. The second-order valence-corrected chi connectivity index (χ2v) is 8.86. The quantitative estimate of drug-likeness (QED) is 0.688. The van der Waals surface area contributed by atoms with Crippen molar-refractivity contribution in [3.05, 3.63) is 58.4 Å². The third kappa shape index (κ3) is 5.27. The Kier molecular flexibility index (Phi) is 7.11. The minimum atomic E-state index is -0.595. The minimum absolute atomic E-state index is 0.0111. The fourth-order valence-electron chi connectivity index (χ4n) is 4.44. The van der Waals surface area contributed by atoms with E-state index in [-0.39, 0.29) is 23.4 Å². The number of pyridine rings is 1. The molecule has 1 aromatic carbocycles. The van der Waals surface area contributed by atoms with Crippen molar-refractivity contribution in [1.29, 1.82) is 5.26 Å². The standard InChI is InChI=1S/C24H25ClN4O4/c25-21-6-5-19(10-20(21)23(27)30)32-14-15-1-3-17(4-2-15)24(31)29-22(7-8-33-29)18-9-16(11-26)12-28-13-18/h5-6,9-10,12-13,15,17,22H,1-4,7-8,14H2,(H2,27,30)/t15?,17?,22-/m0/s1. The number of nitrogens with zero attached hydrogens (tertiary/aromatic N) is 3. The van der Waals surface area contributed by atoms with Crippen molar-refractivity contribution in [2.45, 2.75) is 38.1 Å². The molecule has 0 spiro atoms. The van der Waals surface area contributed by atoms with Gasteiger partial charge in [-0.05, 0) is 61.4 Å². The van der Waals surface area contributed by atoms with Crippen LogP contribution in [0, 0.1) is 23.2 Å². The predicted molar refractivity (Wildman–Crippen MR) is 120 cm³/mol. The van der Waals surface area contributed by atoms with Gasteiger partial charge in [0.2, 0.25) is 11.8 Å². The molecule has 0 bridgehead atoms. The second kappa shape index (κ2) is 10.2. The highest BCUT2D eigenvalue weighted by molar-refractivity contribution is 6.33. The number of hydrogen-bond donors (Lipinski definition) is 1. The first-order valence-electron chi connectivity index (χ1n) is 11.0. The van der Waals surface area contributed by atoms with E-state index in [2.05, 4.69) is 11.1 Å². The van der Waals surface area contributed by atoms with Crippen LogP contribution >= 0.6 is 11.6 Å². The lowest BCUT2D eigenvalue weighted by molar-refractivity contribution is -0.183. The molecular formula is C24H25ClN4O4. The molecule has 33 heavy (non-hydrogen) atoms. The van der Waals surface area contributed by atoms with Crippen LogP contribution in [0.1, 0.15) is 59.6 Å². The molecule has 1 aliphatic heterocycles. The molecule has 2 fully saturated rings. The van der Waals surface area contributed by atoms with Gasteiger partial charge in [0.15, 0.2) is 0 Å². The smallest absolute Gasteiger partial charge is 0.250 e. The Bertz CT molecular complexity index is 1080. The third-order valence-electron chi connectivity index (χ3n) is 6.28. The fourth-order valence-corrected chi connectivity index (χ4v) is 4.65. The van der Waals surface area contributed by atoms with Crippen LogP contribution in [-0.4, -0.2) is 35.1 Å². The van der Waals surface area contributed by atoms with Gasteiger partial charge in [-0.1, -0.05) is 11.6 Å². The summed E-state index contributed by atoms with van der Waals surface area (Å²) in [6.45, 7) is 0.959. The fraction of sp³-hybridized carbons (Fsp3) is 0.417. The van der Waals surface area contributed by atoms with E-state index < -0.39 is 5.91 Å². The van der Waals surface area contributed by atoms with E-state index in [1.807, 2.05) is 0 Å². The average molecular weight is 469 g/mol. The van der Waals surface area contributed by atoms with Crippen LogP contribution in [0.5, 0.6) is 5.75 Å². The molecule has 2 aliphatic rings. The SMILES string of the molecule is N#Cc1cncc([C@@H]2CCON2C(=O)C2CCC(COc3ccc(Cl)c(C(N)=O)c3)CC2)c1. The highest BCUT2D eigenvalue weighted by Gasteiger charge is 2.37. The molecular weight excluding hydrogens is 444 g/mol. The molecule has 9 heteroatoms. The Balaban J connectivity index is 1.31. The van der Waals surface area contributed by atoms with Crippen LogP contribution in [-0.2, 0) is 9.63 Å². The Labute approximate surface area is 197 Å². The number of hydrogen-bond acceptors (Lipinski definition) is 6. The lowest BCUT2D eigenvalue weighted by Gasteiger charge is -2.31. The highest BCUT2D eigenvalue weighted by Crippen LogP contribution is 2.36. The van der Waals surface area contributed by atoms with E-state index in [1.165, 1.54) is 11.3 Å². The van der Waals surface area contributed by atoms with E-state index >= 15 is 0 Å². The number of carbonyl (C=O) groups is 2. The Morgan fingerprint density at radius 3 is 2.73 bits per heavy atom. The summed E-state index contributed by atoms with van der Waals surface area (Å²) < 4.78 is 5.86. The first-order chi connectivity index (χ1) is 16.0. The molecule has 4 rings (SSSR count). The minimum Gasteiger partial charge on any atom is -0.493 e. The zero-order valence-corrected chi connectivity index (χ0v) is 18.8. The number of nitriles is 1. The first kappa shape index (κ1) is 23.0. The number of aromatic nitrogens is 1. The van der Waals surface area contributed by atoms with Gasteiger partial charge in [0.05, 0.1) is 35.4 Å². The maximum Gasteiger partial charge on any atom is 0.250 e. The van der Waals surface area contributed by atoms with Crippen molar-refractivity contribution in [2.75, 3.05) is 13.2 Å². The topological polar surface area (TPSA) is 119 Å². The van der Waals surface area contributed by atoms with Gasteiger partial charge in [-0.15, -0.1) is 0 Å². The number of benzene rings is 1. The number of nitrogens with two attached hydrogens (primary N) is 1. The lowest BCUT2D eigenvalue weighted by Crippen LogP contribution is -2.37. The molecule has 1 saturated carbocycles. The summed E-state index contributed by atoms with van der Waals surface area (Å²) in [6, 6.07) is 8.50. The number of ether oxygens (including phenoxy) is 1. The summed E-state index contributed by atoms with van der Waals surface area (Å²) in [5, 5.41) is 10.9. The van der Waals surface area contributed by atoms with E-state index in [0.29, 0.717) is 41.9 Å². The molecule has 172 valence electrons. The Morgan fingerprint density at radius 1 is 1.21 bits per heavy atom. The van der Waals surface area contributed by atoms with Crippen LogP contribution < -0.4 is 10.5 Å². The predicted octanol–water partition coefficient (Wildman–Crippen LogP) is 3.80. The van der Waals surface area contributed by atoms with Crippen LogP contribution in [0.4, 0.5) is 0 Å². The molecule has 1 atom stereocenters. The van der Waals surface area contributed by atoms with Gasteiger partial charge < -0.3 is 10.5 Å². The van der Waals surface area contributed by atoms with Crippen LogP contribution in [0.3, 0.4) is 0 Å². The number of halogens is 1. The lowest BCUT2D eigenvalue weighted by atomic mass is 9.81. The van der Waals surface area contributed by atoms with Crippen molar-refractivity contribution in [1.82, 2.24) is 10.0 Å². The molecule has 2 aromatic rings. The summed E-state index contributed by atoms with van der Waals surface area (Å²) in [6.07, 6.45) is 7.10. The summed E-state index contributed by atoms with van der Waals surface area (Å²) >= 11 is 5.98. The average Bonchev–Trinajstić information content (AvgIpc) is 3.33. The van der Waals surface area contributed by atoms with Gasteiger partial charge in [-0.2, -0.15) is 5.26 Å². The molecule has 1 saturated heterocycles.